The Morgan fingerprint density at radius 3 is 2.44 bits per heavy atom. The van der Waals surface area contributed by atoms with E-state index in [4.69, 9.17) is 0 Å². The molecule has 0 radical (unpaired) electrons. The van der Waals surface area contributed by atoms with Crippen molar-refractivity contribution in [3.05, 3.63) is 35.1 Å². The highest BCUT2D eigenvalue weighted by Crippen LogP contribution is 2.21. The number of hydrogen-bond acceptors (Lipinski definition) is 1. The zero-order valence-corrected chi connectivity index (χ0v) is 11.1. The van der Waals surface area contributed by atoms with Crippen LogP contribution in [0.4, 0.5) is 4.39 Å². The molecule has 1 fully saturated rings. The van der Waals surface area contributed by atoms with Gasteiger partial charge in [-0.1, -0.05) is 19.9 Å². The number of halogens is 1. The van der Waals surface area contributed by atoms with Crippen LogP contribution in [0.15, 0.2) is 18.2 Å². The van der Waals surface area contributed by atoms with Gasteiger partial charge >= 0.3 is 0 Å². The van der Waals surface area contributed by atoms with Gasteiger partial charge in [0.1, 0.15) is 5.82 Å². The van der Waals surface area contributed by atoms with E-state index in [2.05, 4.69) is 0 Å². The largest absolute Gasteiger partial charge is 0.339 e. The lowest BCUT2D eigenvalue weighted by molar-refractivity contribution is 0.0724. The Kier molecular flexibility index (Phi) is 4.00. The van der Waals surface area contributed by atoms with Crippen LogP contribution < -0.4 is 0 Å². The lowest BCUT2D eigenvalue weighted by atomic mass is 10.00. The van der Waals surface area contributed by atoms with Crippen LogP contribution in [-0.4, -0.2) is 23.9 Å². The first-order chi connectivity index (χ1) is 8.59. The fourth-order valence-electron chi connectivity index (χ4n) is 2.41. The number of hydrogen-bond donors (Lipinski definition) is 0. The number of piperidine rings is 1. The van der Waals surface area contributed by atoms with Crippen LogP contribution in [0, 0.1) is 5.82 Å². The molecule has 2 rings (SSSR count). The molecule has 3 heteroatoms. The molecule has 0 unspecified atom stereocenters. The van der Waals surface area contributed by atoms with Crippen molar-refractivity contribution in [2.75, 3.05) is 13.1 Å². The lowest BCUT2D eigenvalue weighted by Crippen LogP contribution is -2.35. The second kappa shape index (κ2) is 5.51. The first kappa shape index (κ1) is 13.1. The molecule has 2 nitrogen and oxygen atoms in total. The summed E-state index contributed by atoms with van der Waals surface area (Å²) in [6, 6.07) is 4.86. The van der Waals surface area contributed by atoms with Crippen molar-refractivity contribution in [2.45, 2.75) is 39.0 Å². The number of nitrogens with zero attached hydrogens (tertiary/aromatic N) is 1. The van der Waals surface area contributed by atoms with Gasteiger partial charge in [-0.25, -0.2) is 4.39 Å². The molecule has 18 heavy (non-hydrogen) atoms. The molecular weight excluding hydrogens is 229 g/mol. The van der Waals surface area contributed by atoms with E-state index in [1.807, 2.05) is 18.7 Å². The number of carbonyl (C=O) groups is 1. The Morgan fingerprint density at radius 2 is 1.89 bits per heavy atom. The number of rotatable bonds is 2. The molecule has 0 aliphatic carbocycles. The minimum atomic E-state index is -0.271. The third-order valence-corrected chi connectivity index (χ3v) is 3.51. The SMILES string of the molecule is CC(C)c1ccc(C(=O)N2CCCCC2)cc1F. The maximum atomic E-state index is 13.9. The van der Waals surface area contributed by atoms with E-state index in [9.17, 15) is 9.18 Å². The summed E-state index contributed by atoms with van der Waals surface area (Å²) in [6.45, 7) is 5.49. The van der Waals surface area contributed by atoms with Crippen molar-refractivity contribution in [3.63, 3.8) is 0 Å². The summed E-state index contributed by atoms with van der Waals surface area (Å²) in [4.78, 5) is 14.0. The van der Waals surface area contributed by atoms with E-state index in [0.29, 0.717) is 11.1 Å². The molecule has 1 aliphatic heterocycles. The summed E-state index contributed by atoms with van der Waals surface area (Å²) < 4.78 is 13.9. The Hall–Kier alpha value is -1.38. The molecule has 1 aromatic carbocycles. The molecule has 1 aliphatic rings. The minimum Gasteiger partial charge on any atom is -0.339 e. The molecule has 1 amide bonds. The zero-order chi connectivity index (χ0) is 13.1. The normalized spacial score (nSPS) is 16.1. The molecule has 0 atom stereocenters. The second-order valence-electron chi connectivity index (χ2n) is 5.24. The molecule has 98 valence electrons. The summed E-state index contributed by atoms with van der Waals surface area (Å²) in [6.07, 6.45) is 3.29. The van der Waals surface area contributed by atoms with Crippen LogP contribution in [0.25, 0.3) is 0 Å². The maximum absolute atomic E-state index is 13.9. The van der Waals surface area contributed by atoms with E-state index in [0.717, 1.165) is 25.9 Å². The molecule has 1 heterocycles. The van der Waals surface area contributed by atoms with Gasteiger partial charge in [-0.2, -0.15) is 0 Å². The van der Waals surface area contributed by atoms with Crippen LogP contribution in [0.1, 0.15) is 54.9 Å². The smallest absolute Gasteiger partial charge is 0.253 e. The minimum absolute atomic E-state index is 0.0380. The number of amides is 1. The molecule has 1 aromatic rings. The summed E-state index contributed by atoms with van der Waals surface area (Å²) in [5.41, 5.74) is 1.14. The predicted octanol–water partition coefficient (Wildman–Crippen LogP) is 3.58. The van der Waals surface area contributed by atoms with Crippen molar-refractivity contribution in [2.24, 2.45) is 0 Å². The van der Waals surface area contributed by atoms with Crippen LogP contribution in [0.3, 0.4) is 0 Å². The Bertz CT molecular complexity index is 436. The van der Waals surface area contributed by atoms with E-state index in [1.165, 1.54) is 12.5 Å². The van der Waals surface area contributed by atoms with Gasteiger partial charge in [0.25, 0.3) is 5.91 Å². The Labute approximate surface area is 108 Å². The second-order valence-corrected chi connectivity index (χ2v) is 5.24. The van der Waals surface area contributed by atoms with E-state index >= 15 is 0 Å². The number of carbonyl (C=O) groups excluding carboxylic acids is 1. The van der Waals surface area contributed by atoms with E-state index < -0.39 is 0 Å². The van der Waals surface area contributed by atoms with Crippen LogP contribution in [-0.2, 0) is 0 Å². The third kappa shape index (κ3) is 2.71. The topological polar surface area (TPSA) is 20.3 Å². The molecule has 0 N–H and O–H groups in total. The van der Waals surface area contributed by atoms with E-state index in [-0.39, 0.29) is 17.6 Å². The monoisotopic (exact) mass is 249 g/mol. The molecule has 1 saturated heterocycles. The number of benzene rings is 1. The Morgan fingerprint density at radius 1 is 1.22 bits per heavy atom. The summed E-state index contributed by atoms with van der Waals surface area (Å²) in [5.74, 6) is -0.166. The van der Waals surface area contributed by atoms with E-state index in [1.54, 1.807) is 12.1 Å². The first-order valence-corrected chi connectivity index (χ1v) is 6.68. The Balaban J connectivity index is 2.18. The summed E-state index contributed by atoms with van der Waals surface area (Å²) in [7, 11) is 0. The van der Waals surface area contributed by atoms with Crippen LogP contribution in [0.5, 0.6) is 0 Å². The standard InChI is InChI=1S/C15H20FNO/c1-11(2)13-7-6-12(10-14(13)16)15(18)17-8-4-3-5-9-17/h6-7,10-11H,3-5,8-9H2,1-2H3. The highest BCUT2D eigenvalue weighted by atomic mass is 19.1. The van der Waals surface area contributed by atoms with Gasteiger partial charge in [0.15, 0.2) is 0 Å². The van der Waals surface area contributed by atoms with Crippen molar-refractivity contribution >= 4 is 5.91 Å². The maximum Gasteiger partial charge on any atom is 0.253 e. The molecule has 0 spiro atoms. The highest BCUT2D eigenvalue weighted by Gasteiger charge is 2.19. The molecule has 0 saturated carbocycles. The molecular formula is C15H20FNO. The molecule has 0 aromatic heterocycles. The lowest BCUT2D eigenvalue weighted by Gasteiger charge is -2.26. The number of likely N-dealkylation sites (tertiary alicyclic amines) is 1. The average molecular weight is 249 g/mol. The first-order valence-electron chi connectivity index (χ1n) is 6.68. The van der Waals surface area contributed by atoms with Crippen LogP contribution in [0.2, 0.25) is 0 Å². The summed E-state index contributed by atoms with van der Waals surface area (Å²) in [5, 5.41) is 0. The predicted molar refractivity (Wildman–Crippen MR) is 70.2 cm³/mol. The van der Waals surface area contributed by atoms with Crippen molar-refractivity contribution in [3.8, 4) is 0 Å². The fourth-order valence-corrected chi connectivity index (χ4v) is 2.41. The van der Waals surface area contributed by atoms with Crippen molar-refractivity contribution in [1.82, 2.24) is 4.90 Å². The van der Waals surface area contributed by atoms with Gasteiger partial charge in [0.2, 0.25) is 0 Å². The molecule has 0 bridgehead atoms. The summed E-state index contributed by atoms with van der Waals surface area (Å²) >= 11 is 0. The van der Waals surface area contributed by atoms with Crippen molar-refractivity contribution in [1.29, 1.82) is 0 Å². The van der Waals surface area contributed by atoms with Gasteiger partial charge in [-0.05, 0) is 42.9 Å². The highest BCUT2D eigenvalue weighted by molar-refractivity contribution is 5.94. The van der Waals surface area contributed by atoms with Gasteiger partial charge in [0, 0.05) is 18.7 Å². The fraction of sp³-hybridized carbons (Fsp3) is 0.533. The van der Waals surface area contributed by atoms with Gasteiger partial charge < -0.3 is 4.90 Å². The van der Waals surface area contributed by atoms with Crippen LogP contribution >= 0.6 is 0 Å². The quantitative estimate of drug-likeness (QED) is 0.784. The average Bonchev–Trinajstić information content (AvgIpc) is 2.38. The van der Waals surface area contributed by atoms with Gasteiger partial charge in [0.05, 0.1) is 0 Å². The third-order valence-electron chi connectivity index (χ3n) is 3.51. The van der Waals surface area contributed by atoms with Gasteiger partial charge in [-0.15, -0.1) is 0 Å². The van der Waals surface area contributed by atoms with Gasteiger partial charge in [-0.3, -0.25) is 4.79 Å². The zero-order valence-electron chi connectivity index (χ0n) is 11.1. The van der Waals surface area contributed by atoms with Crippen molar-refractivity contribution < 1.29 is 9.18 Å².